The maximum atomic E-state index is 5.46. The van der Waals surface area contributed by atoms with Gasteiger partial charge in [0, 0.05) is 0 Å². The van der Waals surface area contributed by atoms with Crippen molar-refractivity contribution in [3.05, 3.63) is 0 Å². The average Bonchev–Trinajstić information content (AvgIpc) is 2.35. The third-order valence-corrected chi connectivity index (χ3v) is 3.23. The first-order valence-electron chi connectivity index (χ1n) is 7.82. The molecular weight excluding hydrogens is 208 g/mol. The van der Waals surface area contributed by atoms with E-state index in [9.17, 15) is 0 Å². The van der Waals surface area contributed by atoms with Gasteiger partial charge in [0.15, 0.2) is 0 Å². The van der Waals surface area contributed by atoms with Crippen LogP contribution in [-0.2, 0) is 0 Å². The van der Waals surface area contributed by atoms with Crippen molar-refractivity contribution in [1.82, 2.24) is 5.32 Å². The highest BCUT2D eigenvalue weighted by atomic mass is 14.8. The summed E-state index contributed by atoms with van der Waals surface area (Å²) in [6.07, 6.45) is 15.1. The number of unbranched alkanes of at least 4 members (excludes halogenated alkanes) is 9. The van der Waals surface area contributed by atoms with Crippen LogP contribution in [0.1, 0.15) is 77.6 Å². The topological polar surface area (TPSA) is 38.0 Å². The summed E-state index contributed by atoms with van der Waals surface area (Å²) in [7, 11) is 0. The Morgan fingerprint density at radius 2 is 1.12 bits per heavy atom. The molecule has 17 heavy (non-hydrogen) atoms. The van der Waals surface area contributed by atoms with E-state index in [1.807, 2.05) is 0 Å². The SMILES string of the molecule is CCCNCCCCCCCCCCCCN. The zero-order chi connectivity index (χ0) is 12.6. The van der Waals surface area contributed by atoms with Crippen molar-refractivity contribution in [2.75, 3.05) is 19.6 Å². The number of hydrogen-bond acceptors (Lipinski definition) is 2. The van der Waals surface area contributed by atoms with E-state index < -0.39 is 0 Å². The normalized spacial score (nSPS) is 10.9. The molecule has 0 aromatic carbocycles. The van der Waals surface area contributed by atoms with Crippen molar-refractivity contribution in [1.29, 1.82) is 0 Å². The van der Waals surface area contributed by atoms with Crippen LogP contribution >= 0.6 is 0 Å². The highest BCUT2D eigenvalue weighted by molar-refractivity contribution is 4.50. The van der Waals surface area contributed by atoms with Crippen LogP contribution in [0.2, 0.25) is 0 Å². The highest BCUT2D eigenvalue weighted by Crippen LogP contribution is 2.10. The van der Waals surface area contributed by atoms with E-state index in [0.717, 1.165) is 6.54 Å². The molecule has 0 aromatic heterocycles. The van der Waals surface area contributed by atoms with Gasteiger partial charge in [-0.05, 0) is 38.9 Å². The lowest BCUT2D eigenvalue weighted by atomic mass is 10.1. The summed E-state index contributed by atoms with van der Waals surface area (Å²) < 4.78 is 0. The quantitative estimate of drug-likeness (QED) is 0.454. The summed E-state index contributed by atoms with van der Waals surface area (Å²) in [5.74, 6) is 0. The van der Waals surface area contributed by atoms with E-state index in [-0.39, 0.29) is 0 Å². The Morgan fingerprint density at radius 1 is 0.647 bits per heavy atom. The van der Waals surface area contributed by atoms with Gasteiger partial charge in [-0.25, -0.2) is 0 Å². The summed E-state index contributed by atoms with van der Waals surface area (Å²) in [6.45, 7) is 5.49. The minimum absolute atomic E-state index is 0.867. The maximum absolute atomic E-state index is 5.46. The zero-order valence-electron chi connectivity index (χ0n) is 12.0. The van der Waals surface area contributed by atoms with E-state index >= 15 is 0 Å². The maximum Gasteiger partial charge on any atom is -0.00489 e. The van der Waals surface area contributed by atoms with Crippen LogP contribution in [0, 0.1) is 0 Å². The molecule has 0 aliphatic carbocycles. The number of rotatable bonds is 14. The highest BCUT2D eigenvalue weighted by Gasteiger charge is 1.92. The van der Waals surface area contributed by atoms with Crippen molar-refractivity contribution in [2.45, 2.75) is 77.6 Å². The van der Waals surface area contributed by atoms with Crippen molar-refractivity contribution >= 4 is 0 Å². The van der Waals surface area contributed by atoms with Crippen LogP contribution in [0.5, 0.6) is 0 Å². The van der Waals surface area contributed by atoms with Crippen LogP contribution in [-0.4, -0.2) is 19.6 Å². The smallest absolute Gasteiger partial charge is 0.00489 e. The Kier molecular flexibility index (Phi) is 15.8. The Labute approximate surface area is 109 Å². The van der Waals surface area contributed by atoms with Crippen molar-refractivity contribution in [3.8, 4) is 0 Å². The van der Waals surface area contributed by atoms with Crippen molar-refractivity contribution in [2.24, 2.45) is 5.73 Å². The van der Waals surface area contributed by atoms with E-state index in [2.05, 4.69) is 12.2 Å². The Morgan fingerprint density at radius 3 is 1.59 bits per heavy atom. The van der Waals surface area contributed by atoms with Gasteiger partial charge in [0.1, 0.15) is 0 Å². The molecule has 104 valence electrons. The molecule has 0 spiro atoms. The van der Waals surface area contributed by atoms with Crippen LogP contribution in [0.15, 0.2) is 0 Å². The zero-order valence-corrected chi connectivity index (χ0v) is 12.0. The first kappa shape index (κ1) is 16.9. The van der Waals surface area contributed by atoms with Gasteiger partial charge in [0.05, 0.1) is 0 Å². The molecular formula is C15H34N2. The molecule has 0 aromatic rings. The van der Waals surface area contributed by atoms with Gasteiger partial charge in [-0.3, -0.25) is 0 Å². The fourth-order valence-corrected chi connectivity index (χ4v) is 2.11. The van der Waals surface area contributed by atoms with Crippen molar-refractivity contribution in [3.63, 3.8) is 0 Å². The van der Waals surface area contributed by atoms with Gasteiger partial charge < -0.3 is 11.1 Å². The van der Waals surface area contributed by atoms with Gasteiger partial charge in [0.2, 0.25) is 0 Å². The molecule has 0 radical (unpaired) electrons. The molecule has 2 heteroatoms. The lowest BCUT2D eigenvalue weighted by molar-refractivity contribution is 0.541. The Balaban J connectivity index is 2.85. The number of hydrogen-bond donors (Lipinski definition) is 2. The predicted molar refractivity (Wildman–Crippen MR) is 78.4 cm³/mol. The van der Waals surface area contributed by atoms with E-state index in [4.69, 9.17) is 5.73 Å². The summed E-state index contributed by atoms with van der Waals surface area (Å²) >= 11 is 0. The van der Waals surface area contributed by atoms with Gasteiger partial charge >= 0.3 is 0 Å². The molecule has 0 unspecified atom stereocenters. The number of nitrogens with one attached hydrogen (secondary N) is 1. The second kappa shape index (κ2) is 15.9. The summed E-state index contributed by atoms with van der Waals surface area (Å²) in [6, 6.07) is 0. The Bertz CT molecular complexity index is 112. The fraction of sp³-hybridized carbons (Fsp3) is 1.00. The minimum Gasteiger partial charge on any atom is -0.330 e. The molecule has 2 nitrogen and oxygen atoms in total. The molecule has 0 heterocycles. The van der Waals surface area contributed by atoms with Crippen LogP contribution in [0.4, 0.5) is 0 Å². The lowest BCUT2D eigenvalue weighted by Crippen LogP contribution is -2.15. The van der Waals surface area contributed by atoms with Crippen LogP contribution < -0.4 is 11.1 Å². The molecule has 0 aliphatic heterocycles. The Hall–Kier alpha value is -0.0800. The third-order valence-electron chi connectivity index (χ3n) is 3.23. The van der Waals surface area contributed by atoms with E-state index in [1.165, 1.54) is 83.7 Å². The van der Waals surface area contributed by atoms with E-state index in [0.29, 0.717) is 0 Å². The standard InChI is InChI=1S/C15H34N2/c1-2-14-17-15-12-10-8-6-4-3-5-7-9-11-13-16/h17H,2-16H2,1H3. The fourth-order valence-electron chi connectivity index (χ4n) is 2.11. The lowest BCUT2D eigenvalue weighted by Gasteiger charge is -2.03. The molecule has 0 atom stereocenters. The van der Waals surface area contributed by atoms with Gasteiger partial charge in [0.25, 0.3) is 0 Å². The van der Waals surface area contributed by atoms with Gasteiger partial charge in [-0.2, -0.15) is 0 Å². The summed E-state index contributed by atoms with van der Waals surface area (Å²) in [5, 5.41) is 3.46. The number of nitrogens with two attached hydrogens (primary N) is 1. The molecule has 0 saturated carbocycles. The summed E-state index contributed by atoms with van der Waals surface area (Å²) in [5.41, 5.74) is 5.46. The van der Waals surface area contributed by atoms with Crippen molar-refractivity contribution < 1.29 is 0 Å². The third kappa shape index (κ3) is 15.9. The molecule has 0 aliphatic rings. The molecule has 0 amide bonds. The van der Waals surface area contributed by atoms with Crippen LogP contribution in [0.25, 0.3) is 0 Å². The monoisotopic (exact) mass is 242 g/mol. The van der Waals surface area contributed by atoms with E-state index in [1.54, 1.807) is 0 Å². The largest absolute Gasteiger partial charge is 0.330 e. The second-order valence-corrected chi connectivity index (χ2v) is 5.07. The summed E-state index contributed by atoms with van der Waals surface area (Å²) in [4.78, 5) is 0. The molecule has 0 rings (SSSR count). The first-order chi connectivity index (χ1) is 8.41. The molecule has 0 fully saturated rings. The van der Waals surface area contributed by atoms with Gasteiger partial charge in [-0.15, -0.1) is 0 Å². The molecule has 0 saturated heterocycles. The first-order valence-corrected chi connectivity index (χ1v) is 7.82. The minimum atomic E-state index is 0.867. The van der Waals surface area contributed by atoms with Gasteiger partial charge in [-0.1, -0.05) is 58.3 Å². The van der Waals surface area contributed by atoms with Crippen LogP contribution in [0.3, 0.4) is 0 Å². The molecule has 0 bridgehead atoms. The predicted octanol–water partition coefficient (Wildman–Crippen LogP) is 3.85. The average molecular weight is 242 g/mol. The second-order valence-electron chi connectivity index (χ2n) is 5.07. The molecule has 3 N–H and O–H groups in total.